The lowest BCUT2D eigenvalue weighted by molar-refractivity contribution is -0.142. The SMILES string of the molecule is COc1cnccc1C(=O)N1CCCCCC1C(=O)O. The molecule has 0 bridgehead atoms. The molecule has 6 nitrogen and oxygen atoms in total. The van der Waals surface area contributed by atoms with E-state index in [1.54, 1.807) is 6.07 Å². The molecule has 2 heterocycles. The van der Waals surface area contributed by atoms with Crippen LogP contribution in [0, 0.1) is 0 Å². The standard InChI is InChI=1S/C14H18N2O4/c1-20-12-9-15-7-6-10(12)13(17)16-8-4-2-3-5-11(16)14(18)19/h6-7,9,11H,2-5,8H2,1H3,(H,18,19). The molecule has 0 spiro atoms. The summed E-state index contributed by atoms with van der Waals surface area (Å²) in [4.78, 5) is 29.3. The van der Waals surface area contributed by atoms with Crippen LogP contribution >= 0.6 is 0 Å². The second kappa shape index (κ2) is 6.36. The summed E-state index contributed by atoms with van der Waals surface area (Å²) in [5.41, 5.74) is 0.357. The Morgan fingerprint density at radius 3 is 2.90 bits per heavy atom. The highest BCUT2D eigenvalue weighted by Crippen LogP contribution is 2.23. The normalized spacial score (nSPS) is 19.2. The van der Waals surface area contributed by atoms with Gasteiger partial charge in [-0.3, -0.25) is 9.78 Å². The molecule has 1 aromatic heterocycles. The van der Waals surface area contributed by atoms with Crippen molar-refractivity contribution in [1.29, 1.82) is 0 Å². The largest absolute Gasteiger partial charge is 0.494 e. The lowest BCUT2D eigenvalue weighted by Gasteiger charge is -2.27. The van der Waals surface area contributed by atoms with E-state index < -0.39 is 12.0 Å². The second-order valence-electron chi connectivity index (χ2n) is 4.78. The average Bonchev–Trinajstić information content (AvgIpc) is 2.72. The minimum atomic E-state index is -0.951. The molecule has 20 heavy (non-hydrogen) atoms. The third-order valence-electron chi connectivity index (χ3n) is 3.53. The lowest BCUT2D eigenvalue weighted by atomic mass is 10.1. The van der Waals surface area contributed by atoms with Crippen molar-refractivity contribution in [3.05, 3.63) is 24.0 Å². The third kappa shape index (κ3) is 2.89. The molecular formula is C14H18N2O4. The molecule has 0 aromatic carbocycles. The number of likely N-dealkylation sites (tertiary alicyclic amines) is 1. The number of hydrogen-bond donors (Lipinski definition) is 1. The molecule has 2 rings (SSSR count). The summed E-state index contributed by atoms with van der Waals surface area (Å²) in [6.07, 6.45) is 6.05. The molecule has 1 N–H and O–H groups in total. The van der Waals surface area contributed by atoms with E-state index in [0.717, 1.165) is 19.3 Å². The summed E-state index contributed by atoms with van der Waals surface area (Å²) in [5, 5.41) is 9.32. The van der Waals surface area contributed by atoms with Crippen molar-refractivity contribution in [2.75, 3.05) is 13.7 Å². The van der Waals surface area contributed by atoms with E-state index >= 15 is 0 Å². The lowest BCUT2D eigenvalue weighted by Crippen LogP contribution is -2.44. The van der Waals surface area contributed by atoms with Crippen molar-refractivity contribution in [1.82, 2.24) is 9.88 Å². The van der Waals surface area contributed by atoms with Gasteiger partial charge in [-0.1, -0.05) is 12.8 Å². The third-order valence-corrected chi connectivity index (χ3v) is 3.53. The first-order valence-corrected chi connectivity index (χ1v) is 6.67. The molecule has 6 heteroatoms. The van der Waals surface area contributed by atoms with Gasteiger partial charge in [0.15, 0.2) is 0 Å². The van der Waals surface area contributed by atoms with Gasteiger partial charge in [0.25, 0.3) is 5.91 Å². The summed E-state index contributed by atoms with van der Waals surface area (Å²) < 4.78 is 5.13. The summed E-state index contributed by atoms with van der Waals surface area (Å²) >= 11 is 0. The number of carboxylic acids is 1. The molecule has 1 unspecified atom stereocenters. The number of carboxylic acid groups (broad SMARTS) is 1. The number of carbonyl (C=O) groups excluding carboxylic acids is 1. The smallest absolute Gasteiger partial charge is 0.326 e. The highest BCUT2D eigenvalue weighted by molar-refractivity contribution is 5.98. The molecular weight excluding hydrogens is 260 g/mol. The van der Waals surface area contributed by atoms with Gasteiger partial charge in [-0.15, -0.1) is 0 Å². The summed E-state index contributed by atoms with van der Waals surface area (Å²) in [6, 6.07) is 0.799. The maximum atomic E-state index is 12.6. The molecule has 108 valence electrons. The molecule has 0 radical (unpaired) electrons. The molecule has 0 aliphatic carbocycles. The molecule has 0 saturated carbocycles. The van der Waals surface area contributed by atoms with Gasteiger partial charge in [-0.2, -0.15) is 0 Å². The average molecular weight is 278 g/mol. The Morgan fingerprint density at radius 2 is 2.20 bits per heavy atom. The number of aromatic nitrogens is 1. The van der Waals surface area contributed by atoms with Crippen molar-refractivity contribution in [2.24, 2.45) is 0 Å². The van der Waals surface area contributed by atoms with E-state index in [9.17, 15) is 14.7 Å². The van der Waals surface area contributed by atoms with Crippen molar-refractivity contribution in [3.8, 4) is 5.75 Å². The number of nitrogens with zero attached hydrogens (tertiary/aromatic N) is 2. The fourth-order valence-electron chi connectivity index (χ4n) is 2.48. The van der Waals surface area contributed by atoms with Crippen LogP contribution in [0.25, 0.3) is 0 Å². The Balaban J connectivity index is 2.31. The maximum Gasteiger partial charge on any atom is 0.326 e. The van der Waals surface area contributed by atoms with Crippen LogP contribution in [0.1, 0.15) is 36.0 Å². The minimum absolute atomic E-state index is 0.307. The van der Waals surface area contributed by atoms with Crippen LogP contribution < -0.4 is 4.74 Å². The fourth-order valence-corrected chi connectivity index (χ4v) is 2.48. The Morgan fingerprint density at radius 1 is 1.40 bits per heavy atom. The van der Waals surface area contributed by atoms with E-state index in [-0.39, 0.29) is 5.91 Å². The number of methoxy groups -OCH3 is 1. The van der Waals surface area contributed by atoms with Crippen molar-refractivity contribution >= 4 is 11.9 Å². The van der Waals surface area contributed by atoms with Gasteiger partial charge in [-0.05, 0) is 18.9 Å². The molecule has 1 aliphatic heterocycles. The highest BCUT2D eigenvalue weighted by atomic mass is 16.5. The van der Waals surface area contributed by atoms with Crippen LogP contribution in [0.3, 0.4) is 0 Å². The van der Waals surface area contributed by atoms with Crippen LogP contribution in [0.15, 0.2) is 18.5 Å². The Labute approximate surface area is 117 Å². The predicted molar refractivity (Wildman–Crippen MR) is 71.7 cm³/mol. The zero-order chi connectivity index (χ0) is 14.5. The van der Waals surface area contributed by atoms with Crippen LogP contribution in [0.5, 0.6) is 5.75 Å². The van der Waals surface area contributed by atoms with Gasteiger partial charge >= 0.3 is 5.97 Å². The van der Waals surface area contributed by atoms with Crippen molar-refractivity contribution in [2.45, 2.75) is 31.7 Å². The second-order valence-corrected chi connectivity index (χ2v) is 4.78. The predicted octanol–water partition coefficient (Wildman–Crippen LogP) is 1.56. The quantitative estimate of drug-likeness (QED) is 0.907. The van der Waals surface area contributed by atoms with E-state index in [1.165, 1.54) is 24.4 Å². The van der Waals surface area contributed by atoms with Crippen LogP contribution in [0.2, 0.25) is 0 Å². The van der Waals surface area contributed by atoms with Crippen LogP contribution in [-0.2, 0) is 4.79 Å². The monoisotopic (exact) mass is 278 g/mol. The number of pyridine rings is 1. The number of ether oxygens (including phenoxy) is 1. The van der Waals surface area contributed by atoms with E-state index in [0.29, 0.717) is 24.3 Å². The molecule has 1 fully saturated rings. The summed E-state index contributed by atoms with van der Waals surface area (Å²) in [7, 11) is 1.46. The van der Waals surface area contributed by atoms with E-state index in [2.05, 4.69) is 4.98 Å². The Bertz CT molecular complexity index is 504. The first kappa shape index (κ1) is 14.3. The first-order valence-electron chi connectivity index (χ1n) is 6.67. The molecule has 1 aromatic rings. The molecule has 1 amide bonds. The minimum Gasteiger partial charge on any atom is -0.494 e. The number of hydrogen-bond acceptors (Lipinski definition) is 4. The summed E-state index contributed by atoms with van der Waals surface area (Å²) in [5.74, 6) is -0.891. The molecule has 1 saturated heterocycles. The zero-order valence-corrected chi connectivity index (χ0v) is 11.4. The van der Waals surface area contributed by atoms with Gasteiger partial charge in [0.05, 0.1) is 18.9 Å². The van der Waals surface area contributed by atoms with E-state index in [1.807, 2.05) is 0 Å². The van der Waals surface area contributed by atoms with Gasteiger partial charge in [0, 0.05) is 12.7 Å². The number of rotatable bonds is 3. The zero-order valence-electron chi connectivity index (χ0n) is 11.4. The topological polar surface area (TPSA) is 79.7 Å². The van der Waals surface area contributed by atoms with Gasteiger partial charge < -0.3 is 14.7 Å². The van der Waals surface area contributed by atoms with Crippen LogP contribution in [0.4, 0.5) is 0 Å². The number of amides is 1. The number of carbonyl (C=O) groups is 2. The first-order chi connectivity index (χ1) is 9.65. The number of aliphatic carboxylic acids is 1. The van der Waals surface area contributed by atoms with Gasteiger partial charge in [0.1, 0.15) is 11.8 Å². The Hall–Kier alpha value is -2.11. The van der Waals surface area contributed by atoms with Crippen molar-refractivity contribution in [3.63, 3.8) is 0 Å². The van der Waals surface area contributed by atoms with Gasteiger partial charge in [-0.25, -0.2) is 4.79 Å². The highest BCUT2D eigenvalue weighted by Gasteiger charge is 2.32. The Kier molecular flexibility index (Phi) is 4.55. The fraction of sp³-hybridized carbons (Fsp3) is 0.500. The maximum absolute atomic E-state index is 12.6. The van der Waals surface area contributed by atoms with Gasteiger partial charge in [0.2, 0.25) is 0 Å². The van der Waals surface area contributed by atoms with Crippen molar-refractivity contribution < 1.29 is 19.4 Å². The van der Waals surface area contributed by atoms with Crippen LogP contribution in [-0.4, -0.2) is 46.6 Å². The van der Waals surface area contributed by atoms with E-state index in [4.69, 9.17) is 4.74 Å². The summed E-state index contributed by atoms with van der Waals surface area (Å²) in [6.45, 7) is 0.460. The molecule has 1 atom stereocenters. The molecule has 1 aliphatic rings.